The van der Waals surface area contributed by atoms with Gasteiger partial charge in [-0.25, -0.2) is 0 Å². The Labute approximate surface area is 144 Å². The van der Waals surface area contributed by atoms with Gasteiger partial charge in [-0.3, -0.25) is 0 Å². The van der Waals surface area contributed by atoms with Crippen molar-refractivity contribution < 1.29 is 39.9 Å². The maximum atomic E-state index is 9.76. The van der Waals surface area contributed by atoms with Crippen molar-refractivity contribution in [3.05, 3.63) is 0 Å². The largest absolute Gasteiger partial charge is 2.00 e. The molecule has 1 radical (unpaired) electrons. The average molecular weight is 425 g/mol. The molecule has 0 amide bonds. The van der Waals surface area contributed by atoms with Crippen molar-refractivity contribution in [3.63, 3.8) is 0 Å². The van der Waals surface area contributed by atoms with Crippen molar-refractivity contribution in [1.82, 2.24) is 0 Å². The summed E-state index contributed by atoms with van der Waals surface area (Å²) in [5, 5.41) is 50.0. The zero-order valence-corrected chi connectivity index (χ0v) is 13.7. The van der Waals surface area contributed by atoms with Crippen LogP contribution < -0.4 is 11.5 Å². The molecule has 13 heteroatoms. The topological polar surface area (TPSA) is 182 Å². The van der Waals surface area contributed by atoms with Gasteiger partial charge in [-0.2, -0.15) is 20.4 Å². The third-order valence-corrected chi connectivity index (χ3v) is 1.98. The van der Waals surface area contributed by atoms with Crippen LogP contribution in [0.1, 0.15) is 0 Å². The first kappa shape index (κ1) is 22.5. The molecule has 0 aliphatic heterocycles. The summed E-state index contributed by atoms with van der Waals surface area (Å²) < 4.78 is 0. The number of nitrogens with zero attached hydrogens (tertiary/aromatic N) is 4. The predicted octanol–water partition coefficient (Wildman–Crippen LogP) is -3.88. The molecule has 0 bridgehead atoms. The quantitative estimate of drug-likeness (QED) is 0.0787. The molecule has 0 saturated heterocycles. The number of hydrogen-bond acceptors (Lipinski definition) is 10. The Bertz CT molecular complexity index is 425. The fourth-order valence-electron chi connectivity index (χ4n) is 0.907. The van der Waals surface area contributed by atoms with Gasteiger partial charge < -0.3 is 57.2 Å². The molecule has 121 valence electrons. The molecule has 0 spiro atoms. The van der Waals surface area contributed by atoms with E-state index in [1.54, 1.807) is 0 Å². The molecule has 0 rings (SSSR count). The fraction of sp³-hybridized carbons (Fsp3) is 0.500. The Morgan fingerprint density at radius 1 is 1.05 bits per heavy atom. The summed E-state index contributed by atoms with van der Waals surface area (Å²) in [5.41, 5.74) is 9.84. The van der Waals surface area contributed by atoms with E-state index in [1.807, 2.05) is 0 Å². The Kier molecular flexibility index (Phi) is 12.6. The van der Waals surface area contributed by atoms with Gasteiger partial charge in [0.1, 0.15) is 24.0 Å². The molecule has 0 aromatic carbocycles. The minimum Gasteiger partial charge on any atom is -0.741 e. The second-order valence-corrected chi connectivity index (χ2v) is 4.17. The van der Waals surface area contributed by atoms with Crippen molar-refractivity contribution in [2.24, 2.45) is 31.9 Å². The van der Waals surface area contributed by atoms with Crippen LogP contribution in [0.2, 0.25) is 0 Å². The van der Waals surface area contributed by atoms with Crippen LogP contribution in [-0.4, -0.2) is 67.6 Å². The van der Waals surface area contributed by atoms with E-state index in [4.69, 9.17) is 16.6 Å². The van der Waals surface area contributed by atoms with Crippen molar-refractivity contribution >= 4 is 47.5 Å². The first-order valence-corrected chi connectivity index (χ1v) is 5.87. The van der Waals surface area contributed by atoms with Gasteiger partial charge in [-0.1, -0.05) is 0 Å². The number of aliphatic hydroxyl groups excluding tert-OH is 4. The predicted molar refractivity (Wildman–Crippen MR) is 79.0 cm³/mol. The maximum Gasteiger partial charge on any atom is 2.00 e. The van der Waals surface area contributed by atoms with Crippen LogP contribution in [0.25, 0.3) is 0 Å². The third kappa shape index (κ3) is 9.69. The van der Waals surface area contributed by atoms with Crippen LogP contribution in [0.15, 0.2) is 20.4 Å². The van der Waals surface area contributed by atoms with Gasteiger partial charge in [0.2, 0.25) is 0 Å². The molecular weight excluding hydrogens is 411 g/mol. The molecule has 3 atom stereocenters. The van der Waals surface area contributed by atoms with Gasteiger partial charge in [-0.05, 0) is 10.3 Å². The molecule has 0 fully saturated rings. The second kappa shape index (κ2) is 11.8. The standard InChI is InChI=1S/C8H16N6O4S2.Rh/c9-7(19)13-11-1-3(12-14-8(10)20)5(17)6(18)4(16)2-15;/h1,4-6,15-18H,2H2,(H3,9,13,19)(H3,10,14,20);/q;+2/p-2/b11-1-,12-3+;. The molecule has 8 N–H and O–H groups in total. The van der Waals surface area contributed by atoms with Crippen molar-refractivity contribution in [2.75, 3.05) is 6.61 Å². The van der Waals surface area contributed by atoms with Gasteiger partial charge in [0.05, 0.1) is 12.8 Å². The number of nitrogens with two attached hydrogens (primary N) is 2. The zero-order valence-electron chi connectivity index (χ0n) is 10.4. The molecule has 0 aromatic rings. The SMILES string of the molecule is N\C([S-])=N/N=C\C(=N/N=C(\N)[S-])C(O)C(O)C(O)CO.[Rh+2]. The van der Waals surface area contributed by atoms with Gasteiger partial charge in [0, 0.05) is 0 Å². The minimum atomic E-state index is -1.74. The van der Waals surface area contributed by atoms with E-state index in [0.29, 0.717) is 0 Å². The molecule has 0 saturated carbocycles. The van der Waals surface area contributed by atoms with Crippen molar-refractivity contribution in [1.29, 1.82) is 0 Å². The number of aliphatic hydroxyl groups is 4. The Balaban J connectivity index is 0. The van der Waals surface area contributed by atoms with E-state index in [0.717, 1.165) is 6.21 Å². The van der Waals surface area contributed by atoms with E-state index < -0.39 is 24.9 Å². The normalized spacial score (nSPS) is 18.2. The van der Waals surface area contributed by atoms with Crippen molar-refractivity contribution in [3.8, 4) is 0 Å². The van der Waals surface area contributed by atoms with E-state index in [9.17, 15) is 15.3 Å². The summed E-state index contributed by atoms with van der Waals surface area (Å²) in [7, 11) is 0. The summed E-state index contributed by atoms with van der Waals surface area (Å²) in [5.74, 6) is 0. The van der Waals surface area contributed by atoms with Crippen LogP contribution in [-0.2, 0) is 44.7 Å². The van der Waals surface area contributed by atoms with Gasteiger partial charge in [-0.15, -0.1) is 0 Å². The van der Waals surface area contributed by atoms with E-state index >= 15 is 0 Å². The van der Waals surface area contributed by atoms with Crippen molar-refractivity contribution in [2.45, 2.75) is 18.3 Å². The number of amidine groups is 2. The van der Waals surface area contributed by atoms with E-state index in [1.165, 1.54) is 0 Å². The Morgan fingerprint density at radius 3 is 2.00 bits per heavy atom. The Hall–Kier alpha value is -0.817. The average Bonchev–Trinajstić information content (AvgIpc) is 2.39. The van der Waals surface area contributed by atoms with Crippen LogP contribution >= 0.6 is 0 Å². The number of rotatable bonds is 7. The van der Waals surface area contributed by atoms with Gasteiger partial charge >= 0.3 is 19.5 Å². The minimum absolute atomic E-state index is 0. The van der Waals surface area contributed by atoms with E-state index in [-0.39, 0.29) is 35.5 Å². The van der Waals surface area contributed by atoms with Crippen LogP contribution in [0.5, 0.6) is 0 Å². The van der Waals surface area contributed by atoms with E-state index in [2.05, 4.69) is 45.7 Å². The third-order valence-electron chi connectivity index (χ3n) is 1.82. The molecule has 0 aliphatic carbocycles. The summed E-state index contributed by atoms with van der Waals surface area (Å²) in [6, 6.07) is 0. The second-order valence-electron chi connectivity index (χ2n) is 3.33. The summed E-state index contributed by atoms with van der Waals surface area (Å²) >= 11 is 8.90. The molecule has 0 aromatic heterocycles. The molecule has 0 heterocycles. The molecule has 21 heavy (non-hydrogen) atoms. The smallest absolute Gasteiger partial charge is 0.741 e. The first-order chi connectivity index (χ1) is 9.29. The molecule has 10 nitrogen and oxygen atoms in total. The molecular formula is C8H14N6O4RhS2. The zero-order chi connectivity index (χ0) is 15.7. The monoisotopic (exact) mass is 425 g/mol. The summed E-state index contributed by atoms with van der Waals surface area (Å²) in [4.78, 5) is 0. The van der Waals surface area contributed by atoms with Crippen LogP contribution in [0.4, 0.5) is 0 Å². The summed E-state index contributed by atoms with van der Waals surface area (Å²) in [6.45, 7) is -0.771. The Morgan fingerprint density at radius 2 is 1.57 bits per heavy atom. The first-order valence-electron chi connectivity index (χ1n) is 5.06. The summed E-state index contributed by atoms with van der Waals surface area (Å²) in [6.07, 6.45) is -4.17. The van der Waals surface area contributed by atoms with Crippen LogP contribution in [0.3, 0.4) is 0 Å². The van der Waals surface area contributed by atoms with Gasteiger partial charge in [0.15, 0.2) is 0 Å². The van der Waals surface area contributed by atoms with Crippen LogP contribution in [0, 0.1) is 0 Å². The molecule has 3 unspecified atom stereocenters. The fourth-order valence-corrected chi connectivity index (χ4v) is 0.995. The van der Waals surface area contributed by atoms with Gasteiger partial charge in [0.25, 0.3) is 0 Å². The molecule has 0 aliphatic rings. The maximum absolute atomic E-state index is 9.76. The number of hydrogen-bond donors (Lipinski definition) is 6.